The molecule has 6 heteroatoms. The number of nitrogens with one attached hydrogen (secondary N) is 2. The number of fused-ring (bicyclic) bond motifs is 3. The Morgan fingerprint density at radius 1 is 1.10 bits per heavy atom. The van der Waals surface area contributed by atoms with Crippen LogP contribution in [0.25, 0.3) is 32.9 Å². The lowest BCUT2D eigenvalue weighted by molar-refractivity contribution is 0.0948. The number of carbonyl (C=O) groups is 1. The number of pyridine rings is 2. The van der Waals surface area contributed by atoms with Gasteiger partial charge in [-0.2, -0.15) is 0 Å². The first-order chi connectivity index (χ1) is 15.2. The van der Waals surface area contributed by atoms with Gasteiger partial charge < -0.3 is 16.4 Å². The van der Waals surface area contributed by atoms with Gasteiger partial charge in [0.05, 0.1) is 11.2 Å². The summed E-state index contributed by atoms with van der Waals surface area (Å²) in [5, 5.41) is 9.51. The zero-order chi connectivity index (χ0) is 21.2. The lowest BCUT2D eigenvalue weighted by Gasteiger charge is -2.23. The minimum atomic E-state index is -0.0761. The van der Waals surface area contributed by atoms with Crippen molar-refractivity contribution in [2.75, 3.05) is 18.8 Å². The third-order valence-corrected chi connectivity index (χ3v) is 5.94. The van der Waals surface area contributed by atoms with Crippen molar-refractivity contribution in [1.82, 2.24) is 20.6 Å². The number of carbonyl (C=O) groups excluding carboxylic acids is 1. The molecule has 1 fully saturated rings. The zero-order valence-corrected chi connectivity index (χ0v) is 17.3. The first kappa shape index (κ1) is 19.5. The van der Waals surface area contributed by atoms with E-state index in [1.807, 2.05) is 54.7 Å². The molecule has 1 saturated heterocycles. The molecule has 1 atom stereocenters. The van der Waals surface area contributed by atoms with Gasteiger partial charge in [0.15, 0.2) is 0 Å². The zero-order valence-electron chi connectivity index (χ0n) is 17.3. The van der Waals surface area contributed by atoms with Crippen LogP contribution in [0.1, 0.15) is 29.6 Å². The molecule has 156 valence electrons. The van der Waals surface area contributed by atoms with Crippen LogP contribution in [0.4, 0.5) is 5.69 Å². The van der Waals surface area contributed by atoms with Crippen LogP contribution < -0.4 is 16.4 Å². The van der Waals surface area contributed by atoms with Gasteiger partial charge in [0.1, 0.15) is 0 Å². The van der Waals surface area contributed by atoms with Gasteiger partial charge in [-0.15, -0.1) is 0 Å². The minimum absolute atomic E-state index is 0.0761. The smallest absolute Gasteiger partial charge is 0.251 e. The SMILES string of the molecule is Nc1cccc(-c2nc3cc(C(=O)NCC4CCCCN4)ccc3c3cnccc23)c1. The average molecular weight is 412 g/mol. The molecule has 4 aromatic rings. The Hall–Kier alpha value is -3.51. The predicted molar refractivity (Wildman–Crippen MR) is 125 cm³/mol. The molecule has 0 spiro atoms. The van der Waals surface area contributed by atoms with E-state index >= 15 is 0 Å². The van der Waals surface area contributed by atoms with Crippen LogP contribution in [-0.4, -0.2) is 35.0 Å². The highest BCUT2D eigenvalue weighted by molar-refractivity contribution is 6.12. The van der Waals surface area contributed by atoms with Crippen molar-refractivity contribution in [2.45, 2.75) is 25.3 Å². The number of amides is 1. The molecule has 1 amide bonds. The predicted octanol–water partition coefficient (Wildman–Crippen LogP) is 3.90. The highest BCUT2D eigenvalue weighted by Gasteiger charge is 2.16. The lowest BCUT2D eigenvalue weighted by atomic mass is 10.00. The summed E-state index contributed by atoms with van der Waals surface area (Å²) in [5.41, 5.74) is 9.85. The van der Waals surface area contributed by atoms with Gasteiger partial charge in [0.2, 0.25) is 0 Å². The lowest BCUT2D eigenvalue weighted by Crippen LogP contribution is -2.43. The average Bonchev–Trinajstić information content (AvgIpc) is 2.82. The van der Waals surface area contributed by atoms with Crippen LogP contribution in [0.3, 0.4) is 0 Å². The maximum absolute atomic E-state index is 12.8. The van der Waals surface area contributed by atoms with Gasteiger partial charge in [-0.05, 0) is 49.7 Å². The molecule has 2 aromatic heterocycles. The number of hydrogen-bond donors (Lipinski definition) is 3. The normalized spacial score (nSPS) is 16.5. The Morgan fingerprint density at radius 2 is 2.03 bits per heavy atom. The molecular formula is C25H25N5O. The fourth-order valence-electron chi connectivity index (χ4n) is 4.31. The van der Waals surface area contributed by atoms with Crippen molar-refractivity contribution in [1.29, 1.82) is 0 Å². The second kappa shape index (κ2) is 8.32. The summed E-state index contributed by atoms with van der Waals surface area (Å²) in [7, 11) is 0. The van der Waals surface area contributed by atoms with Crippen molar-refractivity contribution in [3.63, 3.8) is 0 Å². The molecule has 1 unspecified atom stereocenters. The third kappa shape index (κ3) is 3.94. The quantitative estimate of drug-likeness (QED) is 0.350. The topological polar surface area (TPSA) is 92.9 Å². The number of benzene rings is 2. The van der Waals surface area contributed by atoms with E-state index in [1.165, 1.54) is 12.8 Å². The monoisotopic (exact) mass is 411 g/mol. The third-order valence-electron chi connectivity index (χ3n) is 5.94. The van der Waals surface area contributed by atoms with Crippen molar-refractivity contribution < 1.29 is 4.79 Å². The number of nitrogen functional groups attached to an aromatic ring is 1. The Morgan fingerprint density at radius 3 is 2.87 bits per heavy atom. The largest absolute Gasteiger partial charge is 0.399 e. The van der Waals surface area contributed by atoms with Crippen LogP contribution in [0.15, 0.2) is 60.9 Å². The molecule has 0 aliphatic carbocycles. The number of hydrogen-bond acceptors (Lipinski definition) is 5. The second-order valence-corrected chi connectivity index (χ2v) is 8.10. The van der Waals surface area contributed by atoms with E-state index in [-0.39, 0.29) is 5.91 Å². The highest BCUT2D eigenvalue weighted by Crippen LogP contribution is 2.32. The number of piperidine rings is 1. The van der Waals surface area contributed by atoms with Crippen LogP contribution in [-0.2, 0) is 0 Å². The van der Waals surface area contributed by atoms with E-state index in [1.54, 1.807) is 6.20 Å². The van der Waals surface area contributed by atoms with E-state index in [9.17, 15) is 4.79 Å². The molecule has 4 N–H and O–H groups in total. The summed E-state index contributed by atoms with van der Waals surface area (Å²) in [6, 6.07) is 15.7. The molecule has 2 aromatic carbocycles. The van der Waals surface area contributed by atoms with Crippen molar-refractivity contribution >= 4 is 33.3 Å². The number of rotatable bonds is 4. The van der Waals surface area contributed by atoms with E-state index in [0.29, 0.717) is 23.8 Å². The van der Waals surface area contributed by atoms with E-state index in [0.717, 1.165) is 45.9 Å². The van der Waals surface area contributed by atoms with E-state index < -0.39 is 0 Å². The molecule has 0 bridgehead atoms. The molecule has 6 nitrogen and oxygen atoms in total. The summed E-state index contributed by atoms with van der Waals surface area (Å²) in [6.45, 7) is 1.66. The van der Waals surface area contributed by atoms with Gasteiger partial charge in [0.25, 0.3) is 5.91 Å². The number of nitrogens with two attached hydrogens (primary N) is 1. The van der Waals surface area contributed by atoms with Crippen LogP contribution >= 0.6 is 0 Å². The van der Waals surface area contributed by atoms with Gasteiger partial charge >= 0.3 is 0 Å². The molecule has 1 aliphatic rings. The summed E-state index contributed by atoms with van der Waals surface area (Å²) in [5.74, 6) is -0.0761. The molecule has 5 rings (SSSR count). The summed E-state index contributed by atoms with van der Waals surface area (Å²) >= 11 is 0. The van der Waals surface area contributed by atoms with Gasteiger partial charge in [-0.3, -0.25) is 9.78 Å². The Balaban J connectivity index is 1.53. The van der Waals surface area contributed by atoms with E-state index in [4.69, 9.17) is 10.7 Å². The Kier molecular flexibility index (Phi) is 5.22. The summed E-state index contributed by atoms with van der Waals surface area (Å²) in [6.07, 6.45) is 7.14. The first-order valence-corrected chi connectivity index (χ1v) is 10.7. The van der Waals surface area contributed by atoms with Crippen LogP contribution in [0.5, 0.6) is 0 Å². The Labute approximate surface area is 180 Å². The maximum atomic E-state index is 12.8. The van der Waals surface area contributed by atoms with Gasteiger partial charge in [0, 0.05) is 58.0 Å². The van der Waals surface area contributed by atoms with Crippen molar-refractivity contribution in [2.24, 2.45) is 0 Å². The molecule has 0 radical (unpaired) electrons. The van der Waals surface area contributed by atoms with Crippen LogP contribution in [0, 0.1) is 0 Å². The highest BCUT2D eigenvalue weighted by atomic mass is 16.1. The fourth-order valence-corrected chi connectivity index (χ4v) is 4.31. The second-order valence-electron chi connectivity index (χ2n) is 8.10. The number of nitrogens with zero attached hydrogens (tertiary/aromatic N) is 2. The number of aromatic nitrogens is 2. The summed E-state index contributed by atoms with van der Waals surface area (Å²) < 4.78 is 0. The molecular weight excluding hydrogens is 386 g/mol. The molecule has 3 heterocycles. The van der Waals surface area contributed by atoms with E-state index in [2.05, 4.69) is 15.6 Å². The van der Waals surface area contributed by atoms with Gasteiger partial charge in [-0.25, -0.2) is 4.98 Å². The van der Waals surface area contributed by atoms with Crippen molar-refractivity contribution in [3.8, 4) is 11.3 Å². The molecule has 1 aliphatic heterocycles. The number of anilines is 1. The standard InChI is InChI=1S/C25H25N5O/c26-18-5-3-4-16(12-18)24-21-9-11-27-15-22(21)20-8-7-17(13-23(20)30-24)25(31)29-14-19-6-1-2-10-28-19/h3-5,7-9,11-13,15,19,28H,1-2,6,10,14,26H2,(H,29,31). The van der Waals surface area contributed by atoms with Crippen LogP contribution in [0.2, 0.25) is 0 Å². The van der Waals surface area contributed by atoms with Gasteiger partial charge in [-0.1, -0.05) is 24.6 Å². The Bertz CT molecular complexity index is 1260. The molecule has 31 heavy (non-hydrogen) atoms. The summed E-state index contributed by atoms with van der Waals surface area (Å²) in [4.78, 5) is 22.0. The first-order valence-electron chi connectivity index (χ1n) is 10.7. The minimum Gasteiger partial charge on any atom is -0.399 e. The molecule has 0 saturated carbocycles. The maximum Gasteiger partial charge on any atom is 0.251 e. The fraction of sp³-hybridized carbons (Fsp3) is 0.240. The van der Waals surface area contributed by atoms with Crippen molar-refractivity contribution in [3.05, 3.63) is 66.5 Å².